The number of nitrogens with zero attached hydrogens (tertiary/aromatic N) is 3. The van der Waals surface area contributed by atoms with Gasteiger partial charge in [-0.05, 0) is 71.9 Å². The van der Waals surface area contributed by atoms with Crippen LogP contribution >= 0.6 is 23.7 Å². The highest BCUT2D eigenvalue weighted by molar-refractivity contribution is 7.22. The number of hydrogen-bond acceptors (Lipinski definition) is 5. The van der Waals surface area contributed by atoms with Gasteiger partial charge in [0.2, 0.25) is 0 Å². The lowest BCUT2D eigenvalue weighted by Gasteiger charge is -2.20. The lowest BCUT2D eigenvalue weighted by Crippen LogP contribution is -2.33. The van der Waals surface area contributed by atoms with E-state index in [0.29, 0.717) is 17.9 Å². The Kier molecular flexibility index (Phi) is 7.26. The van der Waals surface area contributed by atoms with Crippen molar-refractivity contribution in [3.05, 3.63) is 46.4 Å². The largest absolute Gasteiger partial charge is 0.466 e. The number of carbonyl (C=O) groups is 1. The Morgan fingerprint density at radius 1 is 1.11 bits per heavy atom. The molecule has 0 aliphatic carbocycles. The summed E-state index contributed by atoms with van der Waals surface area (Å²) in [6.07, 6.45) is 0.877. The van der Waals surface area contributed by atoms with E-state index in [4.69, 9.17) is 9.40 Å². The van der Waals surface area contributed by atoms with E-state index >= 15 is 0 Å². The van der Waals surface area contributed by atoms with E-state index in [-0.39, 0.29) is 18.3 Å². The van der Waals surface area contributed by atoms with Crippen LogP contribution in [0.15, 0.2) is 22.6 Å². The Labute approximate surface area is 176 Å². The predicted octanol–water partition coefficient (Wildman–Crippen LogP) is 5.14. The number of furan rings is 1. The first-order chi connectivity index (χ1) is 12.8. The Bertz CT molecular complexity index is 939. The lowest BCUT2D eigenvalue weighted by molar-refractivity contribution is 0.0984. The molecule has 0 fully saturated rings. The van der Waals surface area contributed by atoms with Crippen molar-refractivity contribution < 1.29 is 9.21 Å². The first-order valence-electron chi connectivity index (χ1n) is 9.18. The van der Waals surface area contributed by atoms with E-state index in [1.807, 2.05) is 38.9 Å². The fraction of sp³-hybridized carbons (Fsp3) is 0.429. The Morgan fingerprint density at radius 2 is 1.79 bits per heavy atom. The molecule has 0 bridgehead atoms. The SMILES string of the molecule is Cc1cc(C(=O)N(CCCN(C)C)c2nc3c(C)ccc(C)c3s2)c(C)o1.Cl. The number of hydrogen-bond donors (Lipinski definition) is 0. The minimum absolute atomic E-state index is 0. The first kappa shape index (κ1) is 22.4. The Morgan fingerprint density at radius 3 is 2.36 bits per heavy atom. The van der Waals surface area contributed by atoms with Crippen LogP contribution in [-0.2, 0) is 0 Å². The summed E-state index contributed by atoms with van der Waals surface area (Å²) in [7, 11) is 4.08. The van der Waals surface area contributed by atoms with E-state index in [0.717, 1.165) is 39.6 Å². The van der Waals surface area contributed by atoms with Crippen molar-refractivity contribution in [2.24, 2.45) is 0 Å². The first-order valence-corrected chi connectivity index (χ1v) is 10.00. The summed E-state index contributed by atoms with van der Waals surface area (Å²) in [4.78, 5) is 22.1. The standard InChI is InChI=1S/C21H27N3O2S.ClH/c1-13-8-9-14(2)19-18(13)22-21(27-19)24(11-7-10-23(5)6)20(25)17-12-15(3)26-16(17)4;/h8-9,12H,7,10-11H2,1-6H3;1H. The molecule has 2 aromatic heterocycles. The van der Waals surface area contributed by atoms with Gasteiger partial charge in [0.15, 0.2) is 5.13 Å². The topological polar surface area (TPSA) is 49.6 Å². The smallest absolute Gasteiger partial charge is 0.263 e. The summed E-state index contributed by atoms with van der Waals surface area (Å²) in [6, 6.07) is 6.02. The zero-order chi connectivity index (χ0) is 19.7. The third-order valence-electron chi connectivity index (χ3n) is 4.67. The average molecular weight is 422 g/mol. The molecular formula is C21H28ClN3O2S. The molecule has 0 saturated heterocycles. The molecular weight excluding hydrogens is 394 g/mol. The highest BCUT2D eigenvalue weighted by atomic mass is 35.5. The molecule has 2 heterocycles. The number of thiazole rings is 1. The highest BCUT2D eigenvalue weighted by Gasteiger charge is 2.25. The average Bonchev–Trinajstić information content (AvgIpc) is 3.18. The number of benzene rings is 1. The molecule has 0 atom stereocenters. The number of rotatable bonds is 6. The molecule has 3 aromatic rings. The molecule has 0 saturated carbocycles. The number of carbonyl (C=O) groups excluding carboxylic acids is 1. The third-order valence-corrected chi connectivity index (χ3v) is 5.88. The van der Waals surface area contributed by atoms with Crippen LogP contribution in [0.3, 0.4) is 0 Å². The van der Waals surface area contributed by atoms with Gasteiger partial charge >= 0.3 is 0 Å². The van der Waals surface area contributed by atoms with Gasteiger partial charge in [-0.25, -0.2) is 4.98 Å². The molecule has 3 rings (SSSR count). The van der Waals surface area contributed by atoms with Crippen molar-refractivity contribution in [3.8, 4) is 0 Å². The van der Waals surface area contributed by atoms with Crippen molar-refractivity contribution in [3.63, 3.8) is 0 Å². The molecule has 0 spiro atoms. The zero-order valence-electron chi connectivity index (χ0n) is 17.3. The van der Waals surface area contributed by atoms with Crippen LogP contribution in [-0.4, -0.2) is 43.0 Å². The number of fused-ring (bicyclic) bond motifs is 1. The predicted molar refractivity (Wildman–Crippen MR) is 119 cm³/mol. The fourth-order valence-corrected chi connectivity index (χ4v) is 4.32. The van der Waals surface area contributed by atoms with E-state index < -0.39 is 0 Å². The molecule has 1 amide bonds. The lowest BCUT2D eigenvalue weighted by atomic mass is 10.1. The third kappa shape index (κ3) is 4.57. The van der Waals surface area contributed by atoms with Crippen LogP contribution in [0.4, 0.5) is 5.13 Å². The number of halogens is 1. The second kappa shape index (κ2) is 9.07. The van der Waals surface area contributed by atoms with Crippen LogP contribution in [0.2, 0.25) is 0 Å². The molecule has 28 heavy (non-hydrogen) atoms. The molecule has 7 heteroatoms. The molecule has 0 N–H and O–H groups in total. The number of aryl methyl sites for hydroxylation is 4. The van der Waals surface area contributed by atoms with Crippen LogP contribution < -0.4 is 4.90 Å². The summed E-state index contributed by atoms with van der Waals surface area (Å²) in [5, 5.41) is 0.754. The zero-order valence-corrected chi connectivity index (χ0v) is 19.0. The molecule has 5 nitrogen and oxygen atoms in total. The van der Waals surface area contributed by atoms with Crippen molar-refractivity contribution >= 4 is 45.0 Å². The van der Waals surface area contributed by atoms with E-state index in [2.05, 4.69) is 30.9 Å². The summed E-state index contributed by atoms with van der Waals surface area (Å²) in [6.45, 7) is 9.39. The second-order valence-corrected chi connectivity index (χ2v) is 8.29. The Hall–Kier alpha value is -1.89. The number of amides is 1. The second-order valence-electron chi connectivity index (χ2n) is 7.31. The van der Waals surface area contributed by atoms with Crippen LogP contribution in [0.5, 0.6) is 0 Å². The molecule has 152 valence electrons. The Balaban J connectivity index is 0.00000280. The van der Waals surface area contributed by atoms with Crippen molar-refractivity contribution in [1.82, 2.24) is 9.88 Å². The summed E-state index contributed by atoms with van der Waals surface area (Å²) in [5.74, 6) is 1.36. The summed E-state index contributed by atoms with van der Waals surface area (Å²) < 4.78 is 6.74. The van der Waals surface area contributed by atoms with E-state index in [9.17, 15) is 4.79 Å². The van der Waals surface area contributed by atoms with Gasteiger partial charge < -0.3 is 9.32 Å². The molecule has 1 aromatic carbocycles. The molecule has 0 unspecified atom stereocenters. The molecule has 0 aliphatic rings. The normalized spacial score (nSPS) is 11.1. The van der Waals surface area contributed by atoms with Crippen LogP contribution in [0.1, 0.15) is 39.4 Å². The van der Waals surface area contributed by atoms with Crippen LogP contribution in [0.25, 0.3) is 10.2 Å². The minimum atomic E-state index is -0.0440. The summed E-state index contributed by atoms with van der Waals surface area (Å²) >= 11 is 1.59. The fourth-order valence-electron chi connectivity index (χ4n) is 3.18. The number of aromatic nitrogens is 1. The van der Waals surface area contributed by atoms with Crippen molar-refractivity contribution in [1.29, 1.82) is 0 Å². The molecule has 0 aliphatic heterocycles. The van der Waals surface area contributed by atoms with Gasteiger partial charge in [0, 0.05) is 6.54 Å². The monoisotopic (exact) mass is 421 g/mol. The van der Waals surface area contributed by atoms with Gasteiger partial charge in [-0.15, -0.1) is 12.4 Å². The van der Waals surface area contributed by atoms with Crippen molar-refractivity contribution in [2.75, 3.05) is 32.1 Å². The quantitative estimate of drug-likeness (QED) is 0.552. The highest BCUT2D eigenvalue weighted by Crippen LogP contribution is 2.34. The van der Waals surface area contributed by atoms with E-state index in [1.54, 1.807) is 11.3 Å². The minimum Gasteiger partial charge on any atom is -0.466 e. The van der Waals surface area contributed by atoms with E-state index in [1.165, 1.54) is 5.56 Å². The summed E-state index contributed by atoms with van der Waals surface area (Å²) in [5.41, 5.74) is 3.93. The maximum atomic E-state index is 13.3. The number of anilines is 1. The van der Waals surface area contributed by atoms with Gasteiger partial charge in [0.05, 0.1) is 15.8 Å². The van der Waals surface area contributed by atoms with Gasteiger partial charge in [0.1, 0.15) is 11.5 Å². The van der Waals surface area contributed by atoms with Gasteiger partial charge in [-0.3, -0.25) is 9.69 Å². The maximum absolute atomic E-state index is 13.3. The van der Waals surface area contributed by atoms with Crippen LogP contribution in [0, 0.1) is 27.7 Å². The maximum Gasteiger partial charge on any atom is 0.263 e. The van der Waals surface area contributed by atoms with Gasteiger partial charge in [0.25, 0.3) is 5.91 Å². The van der Waals surface area contributed by atoms with Gasteiger partial charge in [-0.2, -0.15) is 0 Å². The molecule has 0 radical (unpaired) electrons. The van der Waals surface area contributed by atoms with Crippen molar-refractivity contribution in [2.45, 2.75) is 34.1 Å². The van der Waals surface area contributed by atoms with Gasteiger partial charge in [-0.1, -0.05) is 23.5 Å².